The van der Waals surface area contributed by atoms with E-state index < -0.39 is 17.2 Å². The maximum absolute atomic E-state index is 13.4. The molecular weight excluding hydrogens is 354 g/mol. The standard InChI is InChI=1S/C17H11Cl2FN2O2/c1-22-8-12(16(23)11-7-10(20)3-5-15(11)22)17(24)21-14-6-9(18)2-4-13(14)19/h2-8H,1H3,(H,21,24). The van der Waals surface area contributed by atoms with Crippen molar-refractivity contribution in [3.8, 4) is 0 Å². The maximum atomic E-state index is 13.4. The van der Waals surface area contributed by atoms with Crippen molar-refractivity contribution in [2.45, 2.75) is 0 Å². The predicted octanol–water partition coefficient (Wildman–Crippen LogP) is 4.24. The first-order valence-electron chi connectivity index (χ1n) is 6.92. The number of pyridine rings is 1. The number of nitrogens with one attached hydrogen (secondary N) is 1. The summed E-state index contributed by atoms with van der Waals surface area (Å²) in [6, 6.07) is 8.45. The van der Waals surface area contributed by atoms with Gasteiger partial charge in [-0.15, -0.1) is 0 Å². The number of nitrogens with zero attached hydrogens (tertiary/aromatic N) is 1. The van der Waals surface area contributed by atoms with Gasteiger partial charge in [0.05, 0.1) is 16.2 Å². The molecule has 1 amide bonds. The van der Waals surface area contributed by atoms with Gasteiger partial charge in [-0.3, -0.25) is 9.59 Å². The fourth-order valence-corrected chi connectivity index (χ4v) is 2.75. The molecule has 0 saturated heterocycles. The summed E-state index contributed by atoms with van der Waals surface area (Å²) in [6.07, 6.45) is 1.40. The summed E-state index contributed by atoms with van der Waals surface area (Å²) in [4.78, 5) is 25.0. The van der Waals surface area contributed by atoms with Crippen LogP contribution in [0, 0.1) is 5.82 Å². The molecule has 122 valence electrons. The fraction of sp³-hybridized carbons (Fsp3) is 0.0588. The molecule has 0 spiro atoms. The molecule has 3 aromatic rings. The second kappa shape index (κ2) is 6.26. The van der Waals surface area contributed by atoms with Crippen LogP contribution in [0.3, 0.4) is 0 Å². The van der Waals surface area contributed by atoms with Crippen LogP contribution in [0.5, 0.6) is 0 Å². The minimum absolute atomic E-state index is 0.119. The zero-order chi connectivity index (χ0) is 17.4. The van der Waals surface area contributed by atoms with Gasteiger partial charge < -0.3 is 9.88 Å². The molecule has 7 heteroatoms. The SMILES string of the molecule is Cn1cc(C(=O)Nc2cc(Cl)ccc2Cl)c(=O)c2cc(F)ccc21. The third-order valence-electron chi connectivity index (χ3n) is 3.57. The number of rotatable bonds is 2. The summed E-state index contributed by atoms with van der Waals surface area (Å²) in [5.74, 6) is -1.19. The topological polar surface area (TPSA) is 51.1 Å². The minimum atomic E-state index is -0.647. The molecule has 0 saturated carbocycles. The molecule has 3 rings (SSSR count). The number of anilines is 1. The number of carbonyl (C=O) groups is 1. The quantitative estimate of drug-likeness (QED) is 0.739. The summed E-state index contributed by atoms with van der Waals surface area (Å²) in [5.41, 5.74) is 0.138. The first-order chi connectivity index (χ1) is 11.4. The van der Waals surface area contributed by atoms with Gasteiger partial charge in [0.15, 0.2) is 0 Å². The summed E-state index contributed by atoms with van der Waals surface area (Å²) >= 11 is 11.9. The molecule has 4 nitrogen and oxygen atoms in total. The minimum Gasteiger partial charge on any atom is -0.350 e. The summed E-state index contributed by atoms with van der Waals surface area (Å²) in [7, 11) is 1.67. The van der Waals surface area contributed by atoms with E-state index in [0.717, 1.165) is 6.07 Å². The van der Waals surface area contributed by atoms with Crippen molar-refractivity contribution < 1.29 is 9.18 Å². The van der Waals surface area contributed by atoms with Gasteiger partial charge in [-0.05, 0) is 36.4 Å². The highest BCUT2D eigenvalue weighted by molar-refractivity contribution is 6.35. The van der Waals surface area contributed by atoms with E-state index in [9.17, 15) is 14.0 Å². The van der Waals surface area contributed by atoms with Crippen molar-refractivity contribution in [2.75, 3.05) is 5.32 Å². The lowest BCUT2D eigenvalue weighted by Crippen LogP contribution is -2.23. The summed E-state index contributed by atoms with van der Waals surface area (Å²) in [5, 5.41) is 3.36. The van der Waals surface area contributed by atoms with E-state index in [4.69, 9.17) is 23.2 Å². The molecule has 24 heavy (non-hydrogen) atoms. The Kier molecular flexibility index (Phi) is 4.30. The Morgan fingerprint density at radius 2 is 1.92 bits per heavy atom. The van der Waals surface area contributed by atoms with Crippen LogP contribution in [0.25, 0.3) is 10.9 Å². The molecule has 1 heterocycles. The molecular formula is C17H11Cl2FN2O2. The van der Waals surface area contributed by atoms with Crippen molar-refractivity contribution in [3.05, 3.63) is 74.2 Å². The van der Waals surface area contributed by atoms with Gasteiger partial charge in [-0.1, -0.05) is 23.2 Å². The molecule has 0 atom stereocenters. The first kappa shape index (κ1) is 16.5. The molecule has 1 N–H and O–H groups in total. The van der Waals surface area contributed by atoms with Crippen LogP contribution < -0.4 is 10.7 Å². The molecule has 0 bridgehead atoms. The predicted molar refractivity (Wildman–Crippen MR) is 93.6 cm³/mol. The lowest BCUT2D eigenvalue weighted by atomic mass is 10.1. The highest BCUT2D eigenvalue weighted by Gasteiger charge is 2.16. The van der Waals surface area contributed by atoms with Gasteiger partial charge in [-0.2, -0.15) is 0 Å². The summed E-state index contributed by atoms with van der Waals surface area (Å²) < 4.78 is 15.0. The Morgan fingerprint density at radius 3 is 2.67 bits per heavy atom. The van der Waals surface area contributed by atoms with Crippen LogP contribution >= 0.6 is 23.2 Å². The zero-order valence-electron chi connectivity index (χ0n) is 12.4. The van der Waals surface area contributed by atoms with Crippen LogP contribution in [0.15, 0.2) is 47.4 Å². The second-order valence-electron chi connectivity index (χ2n) is 5.22. The monoisotopic (exact) mass is 364 g/mol. The number of aromatic nitrogens is 1. The van der Waals surface area contributed by atoms with Gasteiger partial charge in [0, 0.05) is 23.7 Å². The Bertz CT molecular complexity index is 1030. The lowest BCUT2D eigenvalue weighted by molar-refractivity contribution is 0.102. The van der Waals surface area contributed by atoms with Gasteiger partial charge in [0.2, 0.25) is 5.43 Å². The van der Waals surface area contributed by atoms with E-state index in [-0.39, 0.29) is 21.7 Å². The number of hydrogen-bond donors (Lipinski definition) is 1. The average molecular weight is 365 g/mol. The van der Waals surface area contributed by atoms with Crippen molar-refractivity contribution >= 4 is 45.7 Å². The average Bonchev–Trinajstić information content (AvgIpc) is 2.54. The molecule has 0 aliphatic carbocycles. The van der Waals surface area contributed by atoms with E-state index >= 15 is 0 Å². The lowest BCUT2D eigenvalue weighted by Gasteiger charge is -2.11. The summed E-state index contributed by atoms with van der Waals surface area (Å²) in [6.45, 7) is 0. The molecule has 2 aromatic carbocycles. The fourth-order valence-electron chi connectivity index (χ4n) is 2.41. The molecule has 0 radical (unpaired) electrons. The van der Waals surface area contributed by atoms with E-state index in [2.05, 4.69) is 5.32 Å². The van der Waals surface area contributed by atoms with Crippen LogP contribution in [-0.4, -0.2) is 10.5 Å². The smallest absolute Gasteiger partial charge is 0.261 e. The second-order valence-corrected chi connectivity index (χ2v) is 6.07. The zero-order valence-corrected chi connectivity index (χ0v) is 14.0. The van der Waals surface area contributed by atoms with E-state index in [1.807, 2.05) is 0 Å². The third kappa shape index (κ3) is 3.00. The molecule has 0 fully saturated rings. The Morgan fingerprint density at radius 1 is 1.17 bits per heavy atom. The van der Waals surface area contributed by atoms with E-state index in [1.165, 1.54) is 30.5 Å². The Labute approximate surface area is 146 Å². The highest BCUT2D eigenvalue weighted by Crippen LogP contribution is 2.25. The van der Waals surface area contributed by atoms with E-state index in [0.29, 0.717) is 10.5 Å². The number of amides is 1. The van der Waals surface area contributed by atoms with Crippen molar-refractivity contribution in [1.82, 2.24) is 4.57 Å². The van der Waals surface area contributed by atoms with Crippen LogP contribution in [0.4, 0.5) is 10.1 Å². The number of carbonyl (C=O) groups excluding carboxylic acids is 1. The number of halogens is 3. The molecule has 0 unspecified atom stereocenters. The van der Waals surface area contributed by atoms with Gasteiger partial charge in [-0.25, -0.2) is 4.39 Å². The highest BCUT2D eigenvalue weighted by atomic mass is 35.5. The van der Waals surface area contributed by atoms with Crippen molar-refractivity contribution in [3.63, 3.8) is 0 Å². The molecule has 1 aromatic heterocycles. The maximum Gasteiger partial charge on any atom is 0.261 e. The number of fused-ring (bicyclic) bond motifs is 1. The number of benzene rings is 2. The van der Waals surface area contributed by atoms with Gasteiger partial charge in [0.25, 0.3) is 5.91 Å². The molecule has 0 aliphatic rings. The van der Waals surface area contributed by atoms with Crippen LogP contribution in [-0.2, 0) is 7.05 Å². The van der Waals surface area contributed by atoms with Crippen LogP contribution in [0.1, 0.15) is 10.4 Å². The van der Waals surface area contributed by atoms with Crippen molar-refractivity contribution in [2.24, 2.45) is 7.05 Å². The molecule has 0 aliphatic heterocycles. The van der Waals surface area contributed by atoms with E-state index in [1.54, 1.807) is 17.7 Å². The Hall–Kier alpha value is -2.37. The largest absolute Gasteiger partial charge is 0.350 e. The van der Waals surface area contributed by atoms with Gasteiger partial charge >= 0.3 is 0 Å². The number of aryl methyl sites for hydroxylation is 1. The third-order valence-corrected chi connectivity index (χ3v) is 4.14. The van der Waals surface area contributed by atoms with Crippen molar-refractivity contribution in [1.29, 1.82) is 0 Å². The van der Waals surface area contributed by atoms with Crippen LogP contribution in [0.2, 0.25) is 10.0 Å². The first-order valence-corrected chi connectivity index (χ1v) is 7.67. The Balaban J connectivity index is 2.09. The number of hydrogen-bond acceptors (Lipinski definition) is 2. The van der Waals surface area contributed by atoms with Gasteiger partial charge in [0.1, 0.15) is 11.4 Å². The normalized spacial score (nSPS) is 10.8.